The summed E-state index contributed by atoms with van der Waals surface area (Å²) < 4.78 is 7.20. The summed E-state index contributed by atoms with van der Waals surface area (Å²) in [6, 6.07) is 11.4. The van der Waals surface area contributed by atoms with Crippen molar-refractivity contribution in [2.24, 2.45) is 0 Å². The number of hydrogen-bond acceptors (Lipinski definition) is 6. The van der Waals surface area contributed by atoms with E-state index < -0.39 is 0 Å². The molecule has 1 aliphatic rings. The van der Waals surface area contributed by atoms with Crippen molar-refractivity contribution in [3.05, 3.63) is 65.9 Å². The number of nitrogens with one attached hydrogen (secondary N) is 1. The Labute approximate surface area is 167 Å². The number of amides is 1. The maximum absolute atomic E-state index is 12.8. The molecule has 0 aliphatic carbocycles. The van der Waals surface area contributed by atoms with Crippen LogP contribution in [-0.4, -0.2) is 50.5 Å². The molecule has 1 saturated heterocycles. The highest BCUT2D eigenvalue weighted by molar-refractivity contribution is 6.04. The van der Waals surface area contributed by atoms with Crippen molar-refractivity contribution in [2.45, 2.75) is 12.8 Å². The molecular formula is C21H20N6O2. The zero-order valence-electron chi connectivity index (χ0n) is 16.2. The van der Waals surface area contributed by atoms with Crippen molar-refractivity contribution in [3.63, 3.8) is 0 Å². The average molecular weight is 388 g/mol. The molecule has 0 unspecified atom stereocenters. The van der Waals surface area contributed by atoms with Crippen LogP contribution >= 0.6 is 0 Å². The molecule has 5 rings (SSSR count). The maximum atomic E-state index is 12.8. The summed E-state index contributed by atoms with van der Waals surface area (Å²) in [4.78, 5) is 23.9. The van der Waals surface area contributed by atoms with Crippen LogP contribution in [0, 0.1) is 6.92 Å². The predicted octanol–water partition coefficient (Wildman–Crippen LogP) is 2.97. The predicted molar refractivity (Wildman–Crippen MR) is 108 cm³/mol. The van der Waals surface area contributed by atoms with Crippen LogP contribution in [0.5, 0.6) is 0 Å². The van der Waals surface area contributed by atoms with Crippen LogP contribution in [0.3, 0.4) is 0 Å². The first kappa shape index (κ1) is 17.6. The van der Waals surface area contributed by atoms with Gasteiger partial charge in [0.1, 0.15) is 11.3 Å². The van der Waals surface area contributed by atoms with Crippen molar-refractivity contribution in [3.8, 4) is 11.4 Å². The molecule has 0 radical (unpaired) electrons. The Morgan fingerprint density at radius 2 is 2.10 bits per heavy atom. The summed E-state index contributed by atoms with van der Waals surface area (Å²) in [5, 5.41) is 7.10. The largest absolute Gasteiger partial charge is 0.339 e. The van der Waals surface area contributed by atoms with Gasteiger partial charge in [0.15, 0.2) is 0 Å². The number of pyridine rings is 1. The number of aryl methyl sites for hydroxylation is 1. The maximum Gasteiger partial charge on any atom is 0.274 e. The second kappa shape index (κ2) is 6.82. The number of carbonyl (C=O) groups is 1. The van der Waals surface area contributed by atoms with E-state index in [0.29, 0.717) is 29.0 Å². The number of carbonyl (C=O) groups excluding carboxylic acids is 1. The van der Waals surface area contributed by atoms with Crippen LogP contribution in [0.1, 0.15) is 27.9 Å². The fourth-order valence-electron chi connectivity index (χ4n) is 3.56. The molecule has 8 heteroatoms. The molecule has 1 aliphatic heterocycles. The zero-order valence-corrected chi connectivity index (χ0v) is 16.2. The molecule has 1 amide bonds. The van der Waals surface area contributed by atoms with Gasteiger partial charge in [-0.3, -0.25) is 9.20 Å². The van der Waals surface area contributed by atoms with E-state index in [9.17, 15) is 4.79 Å². The molecule has 0 bridgehead atoms. The van der Waals surface area contributed by atoms with Crippen molar-refractivity contribution in [1.29, 1.82) is 0 Å². The van der Waals surface area contributed by atoms with E-state index in [1.165, 1.54) is 0 Å². The highest BCUT2D eigenvalue weighted by Crippen LogP contribution is 2.28. The molecule has 146 valence electrons. The standard InChI is InChI=1S/C21H20N6O2/c1-13-6-7-14(19-24-21(29-25-19)15-11-26(2)12-15)9-16(13)23-20(28)17-10-22-18-5-3-4-8-27(17)18/h3-10,15H,11-12H2,1-2H3,(H,23,28). The van der Waals surface area contributed by atoms with E-state index in [1.54, 1.807) is 10.6 Å². The molecule has 1 N–H and O–H groups in total. The van der Waals surface area contributed by atoms with Gasteiger partial charge < -0.3 is 14.7 Å². The Hall–Kier alpha value is -3.52. The van der Waals surface area contributed by atoms with E-state index in [4.69, 9.17) is 4.52 Å². The quantitative estimate of drug-likeness (QED) is 0.578. The molecule has 0 saturated carbocycles. The molecule has 0 atom stereocenters. The Morgan fingerprint density at radius 3 is 2.93 bits per heavy atom. The van der Waals surface area contributed by atoms with Crippen LogP contribution in [0.25, 0.3) is 17.0 Å². The van der Waals surface area contributed by atoms with Gasteiger partial charge in [0.25, 0.3) is 5.91 Å². The number of hydrogen-bond donors (Lipinski definition) is 1. The monoisotopic (exact) mass is 388 g/mol. The highest BCUT2D eigenvalue weighted by atomic mass is 16.5. The third-order valence-electron chi connectivity index (χ3n) is 5.25. The third-order valence-corrected chi connectivity index (χ3v) is 5.25. The van der Waals surface area contributed by atoms with Gasteiger partial charge in [0, 0.05) is 30.5 Å². The Bertz CT molecular complexity index is 1200. The number of benzene rings is 1. The summed E-state index contributed by atoms with van der Waals surface area (Å²) in [7, 11) is 2.06. The summed E-state index contributed by atoms with van der Waals surface area (Å²) in [6.45, 7) is 3.80. The minimum Gasteiger partial charge on any atom is -0.339 e. The smallest absolute Gasteiger partial charge is 0.274 e. The van der Waals surface area contributed by atoms with Crippen molar-refractivity contribution < 1.29 is 9.32 Å². The fraction of sp³-hybridized carbons (Fsp3) is 0.238. The van der Waals surface area contributed by atoms with Gasteiger partial charge >= 0.3 is 0 Å². The minimum atomic E-state index is -0.227. The van der Waals surface area contributed by atoms with E-state index in [2.05, 4.69) is 32.4 Å². The number of likely N-dealkylation sites (N-methyl/N-ethyl adjacent to an activating group) is 1. The number of nitrogens with zero attached hydrogens (tertiary/aromatic N) is 5. The van der Waals surface area contributed by atoms with Crippen LogP contribution in [0.2, 0.25) is 0 Å². The van der Waals surface area contributed by atoms with Crippen LogP contribution in [0.4, 0.5) is 5.69 Å². The highest BCUT2D eigenvalue weighted by Gasteiger charge is 2.30. The van der Waals surface area contributed by atoms with Gasteiger partial charge in [-0.25, -0.2) is 4.98 Å². The molecule has 1 aromatic carbocycles. The second-order valence-electron chi connectivity index (χ2n) is 7.43. The van der Waals surface area contributed by atoms with Gasteiger partial charge in [-0.15, -0.1) is 0 Å². The number of aromatic nitrogens is 4. The summed E-state index contributed by atoms with van der Waals surface area (Å²) in [5.74, 6) is 1.26. The molecule has 4 heterocycles. The van der Waals surface area contributed by atoms with Crippen molar-refractivity contribution in [1.82, 2.24) is 24.4 Å². The number of fused-ring (bicyclic) bond motifs is 1. The van der Waals surface area contributed by atoms with Gasteiger partial charge in [0.05, 0.1) is 12.1 Å². The van der Waals surface area contributed by atoms with Crippen LogP contribution in [0.15, 0.2) is 53.3 Å². The average Bonchev–Trinajstić information content (AvgIpc) is 3.34. The zero-order chi connectivity index (χ0) is 20.0. The van der Waals surface area contributed by atoms with Gasteiger partial charge in [0.2, 0.25) is 11.7 Å². The van der Waals surface area contributed by atoms with Crippen LogP contribution in [-0.2, 0) is 0 Å². The van der Waals surface area contributed by atoms with Gasteiger partial charge in [-0.2, -0.15) is 4.98 Å². The lowest BCUT2D eigenvalue weighted by molar-refractivity contribution is 0.102. The first-order valence-electron chi connectivity index (χ1n) is 9.45. The topological polar surface area (TPSA) is 88.6 Å². The Morgan fingerprint density at radius 1 is 1.24 bits per heavy atom. The Balaban J connectivity index is 1.40. The lowest BCUT2D eigenvalue weighted by Gasteiger charge is -2.33. The van der Waals surface area contributed by atoms with E-state index >= 15 is 0 Å². The normalized spacial score (nSPS) is 14.8. The van der Waals surface area contributed by atoms with Crippen molar-refractivity contribution in [2.75, 3.05) is 25.5 Å². The number of imidazole rings is 1. The molecule has 29 heavy (non-hydrogen) atoms. The summed E-state index contributed by atoms with van der Waals surface area (Å²) in [6.07, 6.45) is 3.39. The minimum absolute atomic E-state index is 0.227. The van der Waals surface area contributed by atoms with Crippen LogP contribution < -0.4 is 5.32 Å². The first-order valence-corrected chi connectivity index (χ1v) is 9.45. The van der Waals surface area contributed by atoms with Gasteiger partial charge in [-0.05, 0) is 37.7 Å². The molecule has 3 aromatic heterocycles. The first-order chi connectivity index (χ1) is 14.1. The Kier molecular flexibility index (Phi) is 4.13. The van der Waals surface area contributed by atoms with E-state index in [-0.39, 0.29) is 5.91 Å². The molecular weight excluding hydrogens is 368 g/mol. The SMILES string of the molecule is Cc1ccc(-c2noc(C3CN(C)C3)n2)cc1NC(=O)c1cnc2ccccn12. The number of likely N-dealkylation sites (tertiary alicyclic amines) is 1. The molecule has 0 spiro atoms. The second-order valence-corrected chi connectivity index (χ2v) is 7.43. The van der Waals surface area contributed by atoms with Crippen molar-refractivity contribution >= 4 is 17.2 Å². The molecule has 4 aromatic rings. The van der Waals surface area contributed by atoms with Gasteiger partial charge in [-0.1, -0.05) is 23.4 Å². The number of rotatable bonds is 4. The van der Waals surface area contributed by atoms with E-state index in [1.807, 2.05) is 49.5 Å². The molecule has 1 fully saturated rings. The molecule has 8 nitrogen and oxygen atoms in total. The lowest BCUT2D eigenvalue weighted by Crippen LogP contribution is -2.41. The summed E-state index contributed by atoms with van der Waals surface area (Å²) in [5.41, 5.74) is 3.64. The summed E-state index contributed by atoms with van der Waals surface area (Å²) >= 11 is 0. The van der Waals surface area contributed by atoms with E-state index in [0.717, 1.165) is 29.9 Å². The lowest BCUT2D eigenvalue weighted by atomic mass is 10.0. The third kappa shape index (κ3) is 3.17. The fourth-order valence-corrected chi connectivity index (χ4v) is 3.56. The number of anilines is 1.